The van der Waals surface area contributed by atoms with Crippen molar-refractivity contribution in [1.29, 1.82) is 0 Å². The third-order valence-electron chi connectivity index (χ3n) is 12.2. The van der Waals surface area contributed by atoms with Crippen LogP contribution in [0.15, 0.2) is 97.2 Å². The average molecular weight is 1030 g/mol. The van der Waals surface area contributed by atoms with E-state index in [-0.39, 0.29) is 19.6 Å². The first kappa shape index (κ1) is 67.0. The third kappa shape index (κ3) is 41.4. The molecule has 0 bridgehead atoms. The van der Waals surface area contributed by atoms with Crippen molar-refractivity contribution in [3.05, 3.63) is 97.2 Å². The fourth-order valence-electron chi connectivity index (χ4n) is 8.00. The van der Waals surface area contributed by atoms with Crippen LogP contribution in [0, 0.1) is 0 Å². The molecule has 1 fully saturated rings. The van der Waals surface area contributed by atoms with E-state index in [1.807, 2.05) is 0 Å². The van der Waals surface area contributed by atoms with E-state index in [9.17, 15) is 33.1 Å². The molecular weight excluding hydrogens is 933 g/mol. The van der Waals surface area contributed by atoms with E-state index in [0.29, 0.717) is 13.0 Å². The standard InChI is InChI=1S/C59H100O12S/c1-3-5-7-9-11-13-15-17-19-21-23-24-25-26-27-28-29-31-33-35-37-39-41-43-45-47-49-67-51-53(52-68-59-57(63)58(71-72(64,65)66)56(62)54(50-60)70-59)69-55(61)48-46-44-42-40-38-36-34-32-30-22-20-18-16-14-12-10-8-6-4-2/h5,7,11,13,17-20,23-24,26-27,29,31,35,37,53-54,56-60,62-63H,3-4,6,8-10,12,14-16,21-22,25,28,30,32-34,36,38-52H2,1-2H3,(H,64,65,66)/b7-5-,13-11-,19-17-,20-18-,24-23-,27-26-,31-29-,37-35-. The van der Waals surface area contributed by atoms with E-state index in [1.165, 1.54) is 83.5 Å². The monoisotopic (exact) mass is 1030 g/mol. The van der Waals surface area contributed by atoms with Crippen molar-refractivity contribution in [2.75, 3.05) is 26.4 Å². The van der Waals surface area contributed by atoms with Gasteiger partial charge in [0.05, 0.1) is 19.8 Å². The Morgan fingerprint density at radius 2 is 0.958 bits per heavy atom. The molecule has 1 heterocycles. The summed E-state index contributed by atoms with van der Waals surface area (Å²) < 4.78 is 59.3. The topological polar surface area (TPSA) is 178 Å². The van der Waals surface area contributed by atoms with Gasteiger partial charge in [-0.3, -0.25) is 9.35 Å². The summed E-state index contributed by atoms with van der Waals surface area (Å²) >= 11 is 0. The molecule has 13 heteroatoms. The Hall–Kier alpha value is -2.98. The number of carbonyl (C=O) groups excluding carboxylic acids is 1. The fourth-order valence-corrected chi connectivity index (χ4v) is 8.51. The van der Waals surface area contributed by atoms with Gasteiger partial charge in [-0.25, -0.2) is 4.18 Å². The summed E-state index contributed by atoms with van der Waals surface area (Å²) in [5, 5.41) is 30.8. The van der Waals surface area contributed by atoms with Crippen LogP contribution in [0.25, 0.3) is 0 Å². The summed E-state index contributed by atoms with van der Waals surface area (Å²) in [5.74, 6) is -0.413. The van der Waals surface area contributed by atoms with Crippen LogP contribution in [0.4, 0.5) is 0 Å². The SMILES string of the molecule is CC/C=C\C/C=C\C/C=C\C/C=C\C/C=C\C/C=C\C/C=C\CCCCCCOCC(COC1OC(CO)C(O)C(OS(=O)(=O)O)C1O)OC(=O)CCCCCCCCCCC/C=C\CCCCCCCC. The fraction of sp³-hybridized carbons (Fsp3) is 0.712. The summed E-state index contributed by atoms with van der Waals surface area (Å²) in [6.45, 7) is 3.81. The predicted molar refractivity (Wildman–Crippen MR) is 294 cm³/mol. The Kier molecular flexibility index (Phi) is 45.6. The maximum atomic E-state index is 12.9. The van der Waals surface area contributed by atoms with Crippen molar-refractivity contribution < 1.29 is 56.2 Å². The first-order valence-corrected chi connectivity index (χ1v) is 29.4. The number of unbranched alkanes of at least 4 members (excludes halogenated alkanes) is 19. The van der Waals surface area contributed by atoms with Crippen LogP contribution in [0.1, 0.15) is 206 Å². The Morgan fingerprint density at radius 3 is 1.42 bits per heavy atom. The number of ether oxygens (including phenoxy) is 4. The summed E-state index contributed by atoms with van der Waals surface area (Å²) in [6.07, 6.45) is 58.6. The van der Waals surface area contributed by atoms with Crippen molar-refractivity contribution in [2.45, 2.75) is 243 Å². The average Bonchev–Trinajstić information content (AvgIpc) is 3.36. The molecule has 6 unspecified atom stereocenters. The van der Waals surface area contributed by atoms with Crippen molar-refractivity contribution in [3.8, 4) is 0 Å². The predicted octanol–water partition coefficient (Wildman–Crippen LogP) is 13.8. The van der Waals surface area contributed by atoms with Crippen molar-refractivity contribution >= 4 is 16.4 Å². The Balaban J connectivity index is 2.36. The molecule has 414 valence electrons. The highest BCUT2D eigenvalue weighted by Gasteiger charge is 2.48. The molecule has 0 amide bonds. The van der Waals surface area contributed by atoms with E-state index in [4.69, 9.17) is 18.9 Å². The number of allylic oxidation sites excluding steroid dienone is 16. The van der Waals surface area contributed by atoms with Gasteiger partial charge in [0.1, 0.15) is 30.5 Å². The second-order valence-electron chi connectivity index (χ2n) is 18.8. The van der Waals surface area contributed by atoms with Crippen molar-refractivity contribution in [2.24, 2.45) is 0 Å². The Morgan fingerprint density at radius 1 is 0.542 bits per heavy atom. The minimum Gasteiger partial charge on any atom is -0.457 e. The van der Waals surface area contributed by atoms with Gasteiger partial charge in [-0.15, -0.1) is 0 Å². The molecule has 1 rings (SSSR count). The van der Waals surface area contributed by atoms with E-state index in [1.54, 1.807) is 0 Å². The third-order valence-corrected chi connectivity index (χ3v) is 12.7. The molecule has 1 saturated heterocycles. The van der Waals surface area contributed by atoms with E-state index in [2.05, 4.69) is 115 Å². The number of aliphatic hydroxyl groups is 3. The second-order valence-corrected chi connectivity index (χ2v) is 19.8. The lowest BCUT2D eigenvalue weighted by Crippen LogP contribution is -2.60. The lowest BCUT2D eigenvalue weighted by molar-refractivity contribution is -0.301. The molecule has 0 saturated carbocycles. The second kappa shape index (κ2) is 48.9. The van der Waals surface area contributed by atoms with Gasteiger partial charge in [0.15, 0.2) is 6.29 Å². The van der Waals surface area contributed by atoms with Gasteiger partial charge in [-0.05, 0) is 96.3 Å². The molecule has 4 N–H and O–H groups in total. The van der Waals surface area contributed by atoms with E-state index in [0.717, 1.165) is 96.3 Å². The molecule has 0 spiro atoms. The minimum atomic E-state index is -5.08. The summed E-state index contributed by atoms with van der Waals surface area (Å²) in [5.41, 5.74) is 0. The van der Waals surface area contributed by atoms with E-state index < -0.39 is 59.8 Å². The Bertz CT molecular complexity index is 1620. The first-order valence-electron chi connectivity index (χ1n) is 28.0. The van der Waals surface area contributed by atoms with Crippen LogP contribution in [0.3, 0.4) is 0 Å². The number of esters is 1. The lowest BCUT2D eigenvalue weighted by atomic mass is 9.99. The molecule has 1 aliphatic heterocycles. The van der Waals surface area contributed by atoms with Crippen LogP contribution in [-0.4, -0.2) is 97.5 Å². The molecule has 6 atom stereocenters. The largest absolute Gasteiger partial charge is 0.457 e. The number of hydrogen-bond acceptors (Lipinski definition) is 11. The molecule has 0 aliphatic carbocycles. The van der Waals surface area contributed by atoms with Gasteiger partial charge in [0.25, 0.3) is 0 Å². The highest BCUT2D eigenvalue weighted by atomic mass is 32.3. The zero-order valence-electron chi connectivity index (χ0n) is 44.7. The smallest absolute Gasteiger partial charge is 0.397 e. The van der Waals surface area contributed by atoms with Crippen LogP contribution < -0.4 is 0 Å². The molecule has 1 aliphatic rings. The minimum absolute atomic E-state index is 0.0123. The van der Waals surface area contributed by atoms with Gasteiger partial charge >= 0.3 is 16.4 Å². The van der Waals surface area contributed by atoms with Gasteiger partial charge in [0, 0.05) is 13.0 Å². The van der Waals surface area contributed by atoms with Crippen molar-refractivity contribution in [1.82, 2.24) is 0 Å². The number of hydrogen-bond donors (Lipinski definition) is 4. The normalized spacial score (nSPS) is 19.7. The van der Waals surface area contributed by atoms with Crippen LogP contribution >= 0.6 is 0 Å². The number of rotatable bonds is 48. The molecule has 0 aromatic heterocycles. The van der Waals surface area contributed by atoms with Gasteiger partial charge in [-0.1, -0.05) is 201 Å². The maximum absolute atomic E-state index is 12.9. The highest BCUT2D eigenvalue weighted by molar-refractivity contribution is 7.80. The van der Waals surface area contributed by atoms with Crippen LogP contribution in [0.5, 0.6) is 0 Å². The summed E-state index contributed by atoms with van der Waals surface area (Å²) in [7, 11) is -5.08. The molecular formula is C59H100O12S. The molecule has 12 nitrogen and oxygen atoms in total. The van der Waals surface area contributed by atoms with Gasteiger partial charge in [-0.2, -0.15) is 8.42 Å². The maximum Gasteiger partial charge on any atom is 0.397 e. The zero-order chi connectivity index (χ0) is 52.4. The molecule has 0 aromatic carbocycles. The molecule has 0 aromatic rings. The van der Waals surface area contributed by atoms with Crippen LogP contribution in [-0.2, 0) is 38.3 Å². The number of aliphatic hydroxyl groups excluding tert-OH is 3. The quantitative estimate of drug-likeness (QED) is 0.0196. The first-order chi connectivity index (χ1) is 35.1. The van der Waals surface area contributed by atoms with Crippen molar-refractivity contribution in [3.63, 3.8) is 0 Å². The highest BCUT2D eigenvalue weighted by Crippen LogP contribution is 2.26. The van der Waals surface area contributed by atoms with E-state index >= 15 is 0 Å². The number of carbonyl (C=O) groups is 1. The zero-order valence-corrected chi connectivity index (χ0v) is 45.5. The summed E-state index contributed by atoms with van der Waals surface area (Å²) in [4.78, 5) is 12.9. The van der Waals surface area contributed by atoms with Crippen LogP contribution in [0.2, 0.25) is 0 Å². The molecule has 0 radical (unpaired) electrons. The van der Waals surface area contributed by atoms with Gasteiger partial charge < -0.3 is 34.3 Å². The lowest BCUT2D eigenvalue weighted by Gasteiger charge is -2.41. The Labute approximate surface area is 437 Å². The molecule has 72 heavy (non-hydrogen) atoms. The summed E-state index contributed by atoms with van der Waals surface area (Å²) in [6, 6.07) is 0. The van der Waals surface area contributed by atoms with Gasteiger partial charge in [0.2, 0.25) is 0 Å².